The van der Waals surface area contributed by atoms with Crippen LogP contribution in [0.25, 0.3) is 0 Å². The maximum Gasteiger partial charge on any atom is 0.00764 e. The number of rotatable bonds is 4. The molecule has 2 N–H and O–H groups in total. The summed E-state index contributed by atoms with van der Waals surface area (Å²) in [7, 11) is 1.96. The fourth-order valence-electron chi connectivity index (χ4n) is 0.390. The van der Waals surface area contributed by atoms with Crippen LogP contribution in [0.4, 0.5) is 0 Å². The number of hydrogen-bond donors (Lipinski definition) is 2. The summed E-state index contributed by atoms with van der Waals surface area (Å²) in [4.78, 5) is 0. The molecule has 0 amide bonds. The van der Waals surface area contributed by atoms with Crippen LogP contribution < -0.4 is 10.6 Å². The van der Waals surface area contributed by atoms with Crippen molar-refractivity contribution < 1.29 is 1.43 Å². The molecule has 0 unspecified atom stereocenters. The molecule has 0 aliphatic heterocycles. The Balaban J connectivity index is -0.000000149. The second kappa shape index (κ2) is 15.7. The van der Waals surface area contributed by atoms with Gasteiger partial charge < -0.3 is 10.6 Å². The second-order valence-corrected chi connectivity index (χ2v) is 1.46. The fourth-order valence-corrected chi connectivity index (χ4v) is 0.390. The van der Waals surface area contributed by atoms with Gasteiger partial charge in [0.25, 0.3) is 0 Å². The highest BCUT2D eigenvalue weighted by Crippen LogP contribution is 1.52. The van der Waals surface area contributed by atoms with Gasteiger partial charge in [0.05, 0.1) is 0 Å². The van der Waals surface area contributed by atoms with Gasteiger partial charge in [0.2, 0.25) is 0 Å². The van der Waals surface area contributed by atoms with E-state index in [4.69, 9.17) is 0 Å². The summed E-state index contributed by atoms with van der Waals surface area (Å²) >= 11 is 0. The Hall–Kier alpha value is -0.0800. The molecule has 0 heterocycles. The molecule has 0 aromatic heterocycles. The largest absolute Gasteiger partial charge is 0.318 e. The van der Waals surface area contributed by atoms with Gasteiger partial charge in [-0.25, -0.2) is 0 Å². The third-order valence-corrected chi connectivity index (χ3v) is 0.802. The first-order valence-electron chi connectivity index (χ1n) is 3.77. The number of likely N-dealkylation sites (N-methyl/N-ethyl adjacent to an activating group) is 2. The fraction of sp³-hybridized carbons (Fsp3) is 1.00. The van der Waals surface area contributed by atoms with Crippen LogP contribution in [0.1, 0.15) is 22.2 Å². The molecule has 0 bridgehead atoms. The van der Waals surface area contributed by atoms with Crippen LogP contribution in [0.15, 0.2) is 0 Å². The zero-order valence-electron chi connectivity index (χ0n) is 7.12. The van der Waals surface area contributed by atoms with Gasteiger partial charge in [-0.05, 0) is 13.6 Å². The molecular weight excluding hydrogens is 112 g/mol. The monoisotopic (exact) mass is 134 g/mol. The molecule has 0 aliphatic rings. The van der Waals surface area contributed by atoms with E-state index in [9.17, 15) is 0 Å². The van der Waals surface area contributed by atoms with Crippen LogP contribution in [-0.2, 0) is 0 Å². The minimum Gasteiger partial charge on any atom is -0.318 e. The lowest BCUT2D eigenvalue weighted by Crippen LogP contribution is -2.24. The molecule has 0 fully saturated rings. The first-order chi connectivity index (χ1) is 4.41. The smallest absolute Gasteiger partial charge is 0.00764 e. The first-order valence-corrected chi connectivity index (χ1v) is 3.77. The Labute approximate surface area is 60.5 Å². The van der Waals surface area contributed by atoms with E-state index in [0.29, 0.717) is 0 Å². The number of nitrogens with one attached hydrogen (secondary N) is 2. The Bertz CT molecular complexity index is 30.8. The average Bonchev–Trinajstić information content (AvgIpc) is 1.94. The van der Waals surface area contributed by atoms with Gasteiger partial charge in [0.1, 0.15) is 0 Å². The molecule has 0 aliphatic carbocycles. The maximum absolute atomic E-state index is 3.19. The van der Waals surface area contributed by atoms with Crippen LogP contribution in [0.2, 0.25) is 0 Å². The van der Waals surface area contributed by atoms with E-state index in [0.717, 1.165) is 19.6 Å². The lowest BCUT2D eigenvalue weighted by Gasteiger charge is -1.96. The molecule has 0 radical (unpaired) electrons. The van der Waals surface area contributed by atoms with Crippen LogP contribution >= 0.6 is 0 Å². The molecule has 0 rings (SSSR count). The lowest BCUT2D eigenvalue weighted by molar-refractivity contribution is 0.672. The molecule has 9 heavy (non-hydrogen) atoms. The van der Waals surface area contributed by atoms with Crippen molar-refractivity contribution in [1.29, 1.82) is 0 Å². The molecule has 2 heteroatoms. The molecule has 0 spiro atoms. The summed E-state index contributed by atoms with van der Waals surface area (Å²) in [5.41, 5.74) is 0. The van der Waals surface area contributed by atoms with E-state index in [1.54, 1.807) is 0 Å². The molecule has 2 nitrogen and oxygen atoms in total. The minimum absolute atomic E-state index is 0. The van der Waals surface area contributed by atoms with Crippen molar-refractivity contribution in [2.75, 3.05) is 26.7 Å². The number of hydrogen-bond acceptors (Lipinski definition) is 2. The molecule has 0 saturated carbocycles. The zero-order valence-corrected chi connectivity index (χ0v) is 7.12. The molecule has 0 aromatic carbocycles. The van der Waals surface area contributed by atoms with E-state index in [-0.39, 0.29) is 1.43 Å². The van der Waals surface area contributed by atoms with Crippen LogP contribution in [-0.4, -0.2) is 26.7 Å². The Kier molecular flexibility index (Phi) is 20.3. The van der Waals surface area contributed by atoms with Gasteiger partial charge in [-0.3, -0.25) is 0 Å². The Morgan fingerprint density at radius 1 is 1.22 bits per heavy atom. The molecule has 0 aromatic rings. The predicted octanol–water partition coefficient (Wildman–Crippen LogP) is 1.09. The van der Waals surface area contributed by atoms with Crippen LogP contribution in [0.5, 0.6) is 0 Å². The average molecular weight is 134 g/mol. The van der Waals surface area contributed by atoms with Gasteiger partial charge in [-0.1, -0.05) is 20.8 Å². The van der Waals surface area contributed by atoms with Crippen molar-refractivity contribution in [2.45, 2.75) is 20.8 Å². The van der Waals surface area contributed by atoms with Gasteiger partial charge in [-0.15, -0.1) is 0 Å². The topological polar surface area (TPSA) is 24.1 Å². The van der Waals surface area contributed by atoms with Crippen LogP contribution in [0, 0.1) is 0 Å². The standard InChI is InChI=1S/C5H14N2.C2H6.H2/c1-3-7-5-4-6-2;1-2;/h6-7H,3-5H2,1-2H3;1-2H3;1H. The SMILES string of the molecule is CC.CCNCCNC.[HH]. The molecule has 0 saturated heterocycles. The third-order valence-electron chi connectivity index (χ3n) is 0.802. The lowest BCUT2D eigenvalue weighted by atomic mass is 10.6. The highest BCUT2D eigenvalue weighted by atomic mass is 14.9. The van der Waals surface area contributed by atoms with E-state index < -0.39 is 0 Å². The summed E-state index contributed by atoms with van der Waals surface area (Å²) in [6, 6.07) is 0. The normalized spacial score (nSPS) is 8.00. The summed E-state index contributed by atoms with van der Waals surface area (Å²) < 4.78 is 0. The van der Waals surface area contributed by atoms with E-state index in [1.807, 2.05) is 20.9 Å². The summed E-state index contributed by atoms with van der Waals surface area (Å²) in [6.45, 7) is 9.32. The molecular formula is C7H22N2. The highest BCUT2D eigenvalue weighted by Gasteiger charge is 1.75. The summed E-state index contributed by atoms with van der Waals surface area (Å²) in [5.74, 6) is 0. The summed E-state index contributed by atoms with van der Waals surface area (Å²) in [5, 5.41) is 6.23. The first kappa shape index (κ1) is 11.7. The van der Waals surface area contributed by atoms with Crippen molar-refractivity contribution in [3.63, 3.8) is 0 Å². The van der Waals surface area contributed by atoms with E-state index in [2.05, 4.69) is 17.6 Å². The van der Waals surface area contributed by atoms with Crippen molar-refractivity contribution in [1.82, 2.24) is 10.6 Å². The predicted molar refractivity (Wildman–Crippen MR) is 45.9 cm³/mol. The Morgan fingerprint density at radius 3 is 2.11 bits per heavy atom. The van der Waals surface area contributed by atoms with Crippen molar-refractivity contribution >= 4 is 0 Å². The highest BCUT2D eigenvalue weighted by molar-refractivity contribution is 4.42. The van der Waals surface area contributed by atoms with Gasteiger partial charge in [0.15, 0.2) is 0 Å². The third kappa shape index (κ3) is 18.1. The maximum atomic E-state index is 3.19. The quantitative estimate of drug-likeness (QED) is 0.562. The van der Waals surface area contributed by atoms with Crippen molar-refractivity contribution in [3.05, 3.63) is 0 Å². The van der Waals surface area contributed by atoms with E-state index >= 15 is 0 Å². The molecule has 0 atom stereocenters. The van der Waals surface area contributed by atoms with Crippen molar-refractivity contribution in [3.8, 4) is 0 Å². The second-order valence-electron chi connectivity index (χ2n) is 1.46. The summed E-state index contributed by atoms with van der Waals surface area (Å²) in [6.07, 6.45) is 0. The van der Waals surface area contributed by atoms with Crippen molar-refractivity contribution in [2.24, 2.45) is 0 Å². The minimum atomic E-state index is 0. The zero-order chi connectivity index (χ0) is 7.54. The van der Waals surface area contributed by atoms with E-state index in [1.165, 1.54) is 0 Å². The van der Waals surface area contributed by atoms with Gasteiger partial charge in [0, 0.05) is 14.5 Å². The van der Waals surface area contributed by atoms with Gasteiger partial charge in [-0.2, -0.15) is 0 Å². The van der Waals surface area contributed by atoms with Crippen LogP contribution in [0.3, 0.4) is 0 Å². The molecule has 60 valence electrons. The van der Waals surface area contributed by atoms with Gasteiger partial charge >= 0.3 is 0 Å². The Morgan fingerprint density at radius 2 is 1.78 bits per heavy atom.